The Labute approximate surface area is 161 Å². The molecule has 2 rings (SSSR count). The van der Waals surface area contributed by atoms with Crippen LogP contribution in [0.5, 0.6) is 5.75 Å². The van der Waals surface area contributed by atoms with E-state index in [2.05, 4.69) is 5.32 Å². The van der Waals surface area contributed by atoms with E-state index in [4.69, 9.17) is 27.9 Å². The number of carboxylic acids is 1. The molecule has 1 amide bonds. The Morgan fingerprint density at radius 3 is 2.42 bits per heavy atom. The van der Waals surface area contributed by atoms with Crippen molar-refractivity contribution in [1.82, 2.24) is 5.32 Å². The first-order valence-corrected chi connectivity index (χ1v) is 8.84. The summed E-state index contributed by atoms with van der Waals surface area (Å²) >= 11 is 11.9. The molecule has 0 fully saturated rings. The van der Waals surface area contributed by atoms with E-state index in [1.54, 1.807) is 24.3 Å². The molecule has 1 atom stereocenters. The van der Waals surface area contributed by atoms with Gasteiger partial charge in [-0.05, 0) is 42.3 Å². The monoisotopic (exact) mass is 394 g/mol. The summed E-state index contributed by atoms with van der Waals surface area (Å²) < 4.78 is 5.50. The van der Waals surface area contributed by atoms with Crippen LogP contribution in [0.15, 0.2) is 42.5 Å². The number of halogens is 2. The van der Waals surface area contributed by atoms with Gasteiger partial charge in [0, 0.05) is 17.4 Å². The lowest BCUT2D eigenvalue weighted by molar-refractivity contribution is -0.306. The zero-order chi connectivity index (χ0) is 19.1. The van der Waals surface area contributed by atoms with E-state index in [9.17, 15) is 14.7 Å². The molecule has 0 radical (unpaired) electrons. The quantitative estimate of drug-likeness (QED) is 0.743. The fourth-order valence-electron chi connectivity index (χ4n) is 2.34. The van der Waals surface area contributed by atoms with E-state index in [0.717, 1.165) is 6.42 Å². The van der Waals surface area contributed by atoms with Gasteiger partial charge in [-0.3, -0.25) is 4.79 Å². The summed E-state index contributed by atoms with van der Waals surface area (Å²) in [7, 11) is 0. The Hall–Kier alpha value is -2.24. The van der Waals surface area contributed by atoms with E-state index < -0.39 is 17.9 Å². The van der Waals surface area contributed by atoms with Crippen LogP contribution in [0.25, 0.3) is 0 Å². The fraction of sp³-hybridized carbons (Fsp3) is 0.263. The molecule has 0 aliphatic heterocycles. The van der Waals surface area contributed by atoms with Gasteiger partial charge in [0.15, 0.2) is 0 Å². The maximum absolute atomic E-state index is 12.5. The van der Waals surface area contributed by atoms with Gasteiger partial charge in [0.1, 0.15) is 5.75 Å². The molecule has 0 unspecified atom stereocenters. The molecule has 2 aromatic rings. The molecule has 0 saturated carbocycles. The second-order valence-corrected chi connectivity index (χ2v) is 6.49. The van der Waals surface area contributed by atoms with Gasteiger partial charge in [0.2, 0.25) is 0 Å². The number of carbonyl (C=O) groups is 2. The van der Waals surface area contributed by atoms with E-state index in [1.165, 1.54) is 18.2 Å². The molecule has 138 valence electrons. The van der Waals surface area contributed by atoms with Crippen molar-refractivity contribution in [3.8, 4) is 5.75 Å². The Bertz CT molecular complexity index is 778. The summed E-state index contributed by atoms with van der Waals surface area (Å²) in [4.78, 5) is 23.6. The molecule has 0 bridgehead atoms. The van der Waals surface area contributed by atoms with Gasteiger partial charge >= 0.3 is 0 Å². The molecule has 0 spiro atoms. The summed E-state index contributed by atoms with van der Waals surface area (Å²) in [5, 5.41) is 14.4. The zero-order valence-electron chi connectivity index (χ0n) is 14.1. The second-order valence-electron chi connectivity index (χ2n) is 5.64. The van der Waals surface area contributed by atoms with Crippen LogP contribution in [-0.2, 0) is 4.79 Å². The predicted molar refractivity (Wildman–Crippen MR) is 98.5 cm³/mol. The first-order chi connectivity index (χ1) is 12.4. The number of carboxylic acid groups (broad SMARTS) is 1. The van der Waals surface area contributed by atoms with Gasteiger partial charge in [0.25, 0.3) is 5.91 Å². The number of aliphatic carboxylic acids is 1. The van der Waals surface area contributed by atoms with Gasteiger partial charge in [0.05, 0.1) is 23.2 Å². The van der Waals surface area contributed by atoms with Crippen molar-refractivity contribution < 1.29 is 19.4 Å². The Kier molecular flexibility index (Phi) is 7.30. The number of ether oxygens (including phenoxy) is 1. The highest BCUT2D eigenvalue weighted by atomic mass is 35.5. The highest BCUT2D eigenvalue weighted by molar-refractivity contribution is 6.36. The van der Waals surface area contributed by atoms with Crippen LogP contribution in [0, 0.1) is 0 Å². The number of rotatable bonds is 8. The number of hydrogen-bond acceptors (Lipinski definition) is 4. The van der Waals surface area contributed by atoms with Gasteiger partial charge < -0.3 is 20.0 Å². The van der Waals surface area contributed by atoms with Crippen molar-refractivity contribution in [3.05, 3.63) is 63.6 Å². The Balaban J connectivity index is 2.18. The summed E-state index contributed by atoms with van der Waals surface area (Å²) in [5.74, 6) is -1.09. The summed E-state index contributed by atoms with van der Waals surface area (Å²) in [6.45, 7) is 2.59. The number of amides is 1. The fourth-order valence-corrected chi connectivity index (χ4v) is 2.84. The summed E-state index contributed by atoms with van der Waals surface area (Å²) in [5.41, 5.74) is 0.832. The number of hydrogen-bond donors (Lipinski definition) is 1. The lowest BCUT2D eigenvalue weighted by Crippen LogP contribution is -2.34. The molecule has 26 heavy (non-hydrogen) atoms. The average Bonchev–Trinajstić information content (AvgIpc) is 2.59. The van der Waals surface area contributed by atoms with Gasteiger partial charge in [-0.25, -0.2) is 0 Å². The molecule has 0 aliphatic carbocycles. The molecule has 2 aromatic carbocycles. The minimum absolute atomic E-state index is 0.186. The molecule has 5 nitrogen and oxygen atoms in total. The zero-order valence-corrected chi connectivity index (χ0v) is 15.6. The minimum Gasteiger partial charge on any atom is -0.550 e. The normalized spacial score (nSPS) is 11.7. The lowest BCUT2D eigenvalue weighted by Gasteiger charge is -2.20. The minimum atomic E-state index is -1.27. The van der Waals surface area contributed by atoms with E-state index in [0.29, 0.717) is 22.9 Å². The van der Waals surface area contributed by atoms with Gasteiger partial charge in [-0.2, -0.15) is 0 Å². The van der Waals surface area contributed by atoms with Crippen LogP contribution in [0.1, 0.15) is 41.7 Å². The Morgan fingerprint density at radius 2 is 1.85 bits per heavy atom. The van der Waals surface area contributed by atoms with E-state index in [-0.39, 0.29) is 17.0 Å². The van der Waals surface area contributed by atoms with Crippen LogP contribution in [0.3, 0.4) is 0 Å². The van der Waals surface area contributed by atoms with Crippen molar-refractivity contribution in [1.29, 1.82) is 0 Å². The molecule has 7 heteroatoms. The summed E-state index contributed by atoms with van der Waals surface area (Å²) in [6, 6.07) is 10.6. The van der Waals surface area contributed by atoms with Crippen LogP contribution in [0.4, 0.5) is 0 Å². The molecule has 0 saturated heterocycles. The third kappa shape index (κ3) is 5.64. The van der Waals surface area contributed by atoms with Crippen molar-refractivity contribution in [2.75, 3.05) is 6.61 Å². The predicted octanol–water partition coefficient (Wildman–Crippen LogP) is 3.39. The highest BCUT2D eigenvalue weighted by Crippen LogP contribution is 2.24. The van der Waals surface area contributed by atoms with Crippen LogP contribution >= 0.6 is 23.2 Å². The van der Waals surface area contributed by atoms with Crippen LogP contribution in [-0.4, -0.2) is 18.5 Å². The first-order valence-electron chi connectivity index (χ1n) is 8.09. The van der Waals surface area contributed by atoms with Gasteiger partial charge in [-0.1, -0.05) is 42.3 Å². The number of carbonyl (C=O) groups excluding carboxylic acids is 2. The van der Waals surface area contributed by atoms with Crippen molar-refractivity contribution >= 4 is 35.1 Å². The topological polar surface area (TPSA) is 78.5 Å². The second kappa shape index (κ2) is 9.46. The van der Waals surface area contributed by atoms with Crippen LogP contribution in [0.2, 0.25) is 10.0 Å². The largest absolute Gasteiger partial charge is 0.550 e. The molecule has 0 heterocycles. The lowest BCUT2D eigenvalue weighted by atomic mass is 10.0. The molecular weight excluding hydrogens is 377 g/mol. The molecular formula is C19H18Cl2NO4-. The molecule has 1 N–H and O–H groups in total. The van der Waals surface area contributed by atoms with Crippen molar-refractivity contribution in [3.63, 3.8) is 0 Å². The smallest absolute Gasteiger partial charge is 0.253 e. The van der Waals surface area contributed by atoms with Crippen molar-refractivity contribution in [2.24, 2.45) is 0 Å². The standard InChI is InChI=1S/C19H19Cl2NO4/c1-2-9-26-14-6-3-12(4-7-14)17(11-18(23)24)22-19(25)15-8-5-13(20)10-16(15)21/h3-8,10,17H,2,9,11H2,1H3,(H,22,25)(H,23,24)/p-1/t17-/m1/s1. The molecule has 0 aromatic heterocycles. The third-order valence-corrected chi connectivity index (χ3v) is 4.16. The maximum Gasteiger partial charge on any atom is 0.253 e. The third-order valence-electron chi connectivity index (χ3n) is 3.61. The van der Waals surface area contributed by atoms with E-state index >= 15 is 0 Å². The van der Waals surface area contributed by atoms with Gasteiger partial charge in [-0.15, -0.1) is 0 Å². The SMILES string of the molecule is CCCOc1ccc([C@@H](CC(=O)[O-])NC(=O)c2ccc(Cl)cc2Cl)cc1. The number of nitrogens with one attached hydrogen (secondary N) is 1. The highest BCUT2D eigenvalue weighted by Gasteiger charge is 2.18. The van der Waals surface area contributed by atoms with Crippen LogP contribution < -0.4 is 15.2 Å². The summed E-state index contributed by atoms with van der Waals surface area (Å²) in [6.07, 6.45) is 0.513. The number of benzene rings is 2. The van der Waals surface area contributed by atoms with Crippen molar-refractivity contribution in [2.45, 2.75) is 25.8 Å². The Morgan fingerprint density at radius 1 is 1.15 bits per heavy atom. The van der Waals surface area contributed by atoms with E-state index in [1.807, 2.05) is 6.92 Å². The maximum atomic E-state index is 12.5. The molecule has 0 aliphatic rings. The average molecular weight is 395 g/mol. The first kappa shape index (κ1) is 20.1.